The summed E-state index contributed by atoms with van der Waals surface area (Å²) in [5.41, 5.74) is 2.09. The number of para-hydroxylation sites is 3. The number of hydrogen-bond donors (Lipinski definition) is 3. The summed E-state index contributed by atoms with van der Waals surface area (Å²) in [6.45, 7) is 2.35. The molecule has 0 saturated carbocycles. The van der Waals surface area contributed by atoms with E-state index in [0.717, 1.165) is 0 Å². The largest absolute Gasteiger partial charge is 0.493 e. The molecule has 0 radical (unpaired) electrons. The lowest BCUT2D eigenvalue weighted by Gasteiger charge is -2.22. The van der Waals surface area contributed by atoms with Crippen molar-refractivity contribution in [2.75, 3.05) is 81.9 Å². The monoisotopic (exact) mass is 716 g/mol. The molecule has 13 heteroatoms. The first kappa shape index (κ1) is 40.5. The van der Waals surface area contributed by atoms with Gasteiger partial charge in [-0.15, -0.1) is 0 Å². The zero-order chi connectivity index (χ0) is 37.7. The Kier molecular flexibility index (Phi) is 17.1. The maximum atomic E-state index is 12.7. The molecular formula is C39H48N4O9. The average molecular weight is 717 g/mol. The number of ether oxygens (including phenoxy) is 6. The van der Waals surface area contributed by atoms with Gasteiger partial charge in [0.2, 0.25) is 17.7 Å². The van der Waals surface area contributed by atoms with Gasteiger partial charge in [-0.1, -0.05) is 36.4 Å². The van der Waals surface area contributed by atoms with Crippen LogP contribution in [0.1, 0.15) is 16.7 Å². The molecule has 0 fully saturated rings. The van der Waals surface area contributed by atoms with Crippen molar-refractivity contribution in [3.8, 4) is 34.5 Å². The van der Waals surface area contributed by atoms with E-state index in [1.807, 2.05) is 41.3 Å². The van der Waals surface area contributed by atoms with Crippen LogP contribution >= 0.6 is 0 Å². The number of carbonyl (C=O) groups is 3. The van der Waals surface area contributed by atoms with Gasteiger partial charge in [0.25, 0.3) is 0 Å². The van der Waals surface area contributed by atoms with E-state index in [1.165, 1.54) is 39.6 Å². The second kappa shape index (κ2) is 22.0. The summed E-state index contributed by atoms with van der Waals surface area (Å²) in [6.07, 6.45) is 9.24. The third-order valence-electron chi connectivity index (χ3n) is 7.72. The molecule has 0 spiro atoms. The molecule has 0 unspecified atom stereocenters. The Bertz CT molecular complexity index is 1520. The van der Waals surface area contributed by atoms with Crippen LogP contribution in [0.3, 0.4) is 0 Å². The topological polar surface area (TPSA) is 146 Å². The molecule has 0 aliphatic carbocycles. The number of nitrogens with one attached hydrogen (secondary N) is 3. The summed E-state index contributed by atoms with van der Waals surface area (Å²) in [7, 11) is 9.26. The van der Waals surface area contributed by atoms with Crippen molar-refractivity contribution in [3.05, 3.63) is 89.5 Å². The van der Waals surface area contributed by atoms with Crippen molar-refractivity contribution in [2.24, 2.45) is 0 Å². The van der Waals surface area contributed by atoms with Gasteiger partial charge in [-0.25, -0.2) is 0 Å². The predicted molar refractivity (Wildman–Crippen MR) is 201 cm³/mol. The van der Waals surface area contributed by atoms with E-state index in [1.54, 1.807) is 57.8 Å². The minimum absolute atomic E-state index is 0.289. The van der Waals surface area contributed by atoms with E-state index in [0.29, 0.717) is 90.5 Å². The standard InChI is InChI=1S/C39H48N4O9/c1-47-31-13-7-10-28(37(31)50-4)16-19-34(44)40-22-25-43(26-23-41-35(45)20-17-29-11-8-14-32(48-2)38(29)51-5)27-24-42-36(46)21-18-30-12-9-15-33(49-3)39(30)52-6/h7-21H,22-27H2,1-6H3,(H,40,44)(H,41,45)(H,42,46)/b19-16-,20-17+,21-18+. The van der Waals surface area contributed by atoms with Crippen LogP contribution in [-0.2, 0) is 14.4 Å². The SMILES string of the molecule is COc1cccc(/C=C\C(=O)NCCN(CCNC(=O)/C=C/c2cccc(OC)c2OC)CCNC(=O)/C=C/c2cccc(OC)c2OC)c1OC. The quantitative estimate of drug-likeness (QED) is 0.139. The molecule has 3 N–H and O–H groups in total. The van der Waals surface area contributed by atoms with Gasteiger partial charge in [0.05, 0.1) is 42.7 Å². The van der Waals surface area contributed by atoms with Crippen LogP contribution in [0.15, 0.2) is 72.8 Å². The van der Waals surface area contributed by atoms with Crippen LogP contribution in [0.2, 0.25) is 0 Å². The minimum Gasteiger partial charge on any atom is -0.493 e. The van der Waals surface area contributed by atoms with E-state index >= 15 is 0 Å². The summed E-state index contributed by atoms with van der Waals surface area (Å²) >= 11 is 0. The van der Waals surface area contributed by atoms with Crippen molar-refractivity contribution >= 4 is 35.9 Å². The Labute approximate surface area is 305 Å². The average Bonchev–Trinajstić information content (AvgIpc) is 3.17. The zero-order valence-corrected chi connectivity index (χ0v) is 30.5. The number of nitrogens with zero attached hydrogens (tertiary/aromatic N) is 1. The van der Waals surface area contributed by atoms with Crippen LogP contribution in [-0.4, -0.2) is 105 Å². The Morgan fingerprint density at radius 2 is 0.769 bits per heavy atom. The number of methoxy groups -OCH3 is 6. The van der Waals surface area contributed by atoms with Gasteiger partial charge in [-0.05, 0) is 36.4 Å². The Morgan fingerprint density at radius 3 is 1.02 bits per heavy atom. The van der Waals surface area contributed by atoms with E-state index in [9.17, 15) is 14.4 Å². The van der Waals surface area contributed by atoms with Crippen molar-refractivity contribution < 1.29 is 42.8 Å². The summed E-state index contributed by atoms with van der Waals surface area (Å²) in [5.74, 6) is 2.40. The fourth-order valence-corrected chi connectivity index (χ4v) is 5.15. The van der Waals surface area contributed by atoms with Gasteiger partial charge < -0.3 is 44.4 Å². The van der Waals surface area contributed by atoms with E-state index in [4.69, 9.17) is 28.4 Å². The molecule has 0 aromatic heterocycles. The third kappa shape index (κ3) is 12.4. The molecular weight excluding hydrogens is 668 g/mol. The molecule has 0 heterocycles. The zero-order valence-electron chi connectivity index (χ0n) is 30.5. The lowest BCUT2D eigenvalue weighted by molar-refractivity contribution is -0.117. The lowest BCUT2D eigenvalue weighted by atomic mass is 10.1. The molecule has 3 aromatic rings. The molecule has 3 rings (SSSR count). The fraction of sp³-hybridized carbons (Fsp3) is 0.308. The molecule has 0 atom stereocenters. The van der Waals surface area contributed by atoms with Gasteiger partial charge in [-0.3, -0.25) is 19.3 Å². The van der Waals surface area contributed by atoms with Gasteiger partial charge in [0.15, 0.2) is 34.5 Å². The molecule has 52 heavy (non-hydrogen) atoms. The maximum Gasteiger partial charge on any atom is 0.244 e. The highest BCUT2D eigenvalue weighted by atomic mass is 16.5. The van der Waals surface area contributed by atoms with E-state index in [-0.39, 0.29) is 17.7 Å². The highest BCUT2D eigenvalue weighted by Crippen LogP contribution is 2.33. The Balaban J connectivity index is 1.59. The van der Waals surface area contributed by atoms with Crippen molar-refractivity contribution in [1.82, 2.24) is 20.9 Å². The number of amides is 3. The van der Waals surface area contributed by atoms with Crippen LogP contribution < -0.4 is 44.4 Å². The molecule has 3 aromatic carbocycles. The Hall–Kier alpha value is -5.95. The van der Waals surface area contributed by atoms with E-state index in [2.05, 4.69) is 16.0 Å². The third-order valence-corrected chi connectivity index (χ3v) is 7.72. The summed E-state index contributed by atoms with van der Waals surface area (Å²) in [6, 6.07) is 16.2. The van der Waals surface area contributed by atoms with Gasteiger partial charge in [0, 0.05) is 74.2 Å². The fourth-order valence-electron chi connectivity index (χ4n) is 5.15. The summed E-state index contributed by atoms with van der Waals surface area (Å²) in [4.78, 5) is 40.0. The molecule has 0 bridgehead atoms. The summed E-state index contributed by atoms with van der Waals surface area (Å²) < 4.78 is 32.3. The van der Waals surface area contributed by atoms with Gasteiger partial charge in [-0.2, -0.15) is 0 Å². The summed E-state index contributed by atoms with van der Waals surface area (Å²) in [5, 5.41) is 8.65. The van der Waals surface area contributed by atoms with Gasteiger partial charge in [0.1, 0.15) is 0 Å². The molecule has 278 valence electrons. The first-order valence-corrected chi connectivity index (χ1v) is 16.5. The molecule has 3 amide bonds. The first-order chi connectivity index (χ1) is 25.3. The normalized spacial score (nSPS) is 11.1. The number of rotatable bonds is 21. The van der Waals surface area contributed by atoms with Crippen LogP contribution in [0.5, 0.6) is 34.5 Å². The highest BCUT2D eigenvalue weighted by molar-refractivity contribution is 5.93. The molecule has 0 saturated heterocycles. The van der Waals surface area contributed by atoms with E-state index < -0.39 is 0 Å². The van der Waals surface area contributed by atoms with Crippen LogP contribution in [0.4, 0.5) is 0 Å². The maximum absolute atomic E-state index is 12.7. The van der Waals surface area contributed by atoms with Gasteiger partial charge >= 0.3 is 0 Å². The number of hydrogen-bond acceptors (Lipinski definition) is 10. The van der Waals surface area contributed by atoms with Crippen molar-refractivity contribution in [1.29, 1.82) is 0 Å². The minimum atomic E-state index is -0.289. The molecule has 0 aliphatic heterocycles. The van der Waals surface area contributed by atoms with Crippen LogP contribution in [0.25, 0.3) is 18.2 Å². The molecule has 0 aliphatic rings. The number of carbonyl (C=O) groups excluding carboxylic acids is 3. The first-order valence-electron chi connectivity index (χ1n) is 16.5. The second-order valence-electron chi connectivity index (χ2n) is 11.0. The van der Waals surface area contributed by atoms with Crippen LogP contribution in [0, 0.1) is 0 Å². The Morgan fingerprint density at radius 1 is 0.481 bits per heavy atom. The smallest absolute Gasteiger partial charge is 0.244 e. The lowest BCUT2D eigenvalue weighted by Crippen LogP contribution is -2.42. The second-order valence-corrected chi connectivity index (χ2v) is 11.0. The van der Waals surface area contributed by atoms with Crippen molar-refractivity contribution in [2.45, 2.75) is 0 Å². The number of benzene rings is 3. The van der Waals surface area contributed by atoms with Crippen molar-refractivity contribution in [3.63, 3.8) is 0 Å². The molecule has 13 nitrogen and oxygen atoms in total. The highest BCUT2D eigenvalue weighted by Gasteiger charge is 2.11. The predicted octanol–water partition coefficient (Wildman–Crippen LogP) is 3.83.